The molecule has 1 aliphatic rings. The van der Waals surface area contributed by atoms with E-state index in [-0.39, 0.29) is 24.4 Å². The van der Waals surface area contributed by atoms with Crippen molar-refractivity contribution in [1.82, 2.24) is 10.6 Å². The smallest absolute Gasteiger partial charge is 0.234 e. The lowest BCUT2D eigenvalue weighted by molar-refractivity contribution is -0.120. The predicted molar refractivity (Wildman–Crippen MR) is 82.9 cm³/mol. The van der Waals surface area contributed by atoms with E-state index in [1.54, 1.807) is 7.05 Å². The first-order chi connectivity index (χ1) is 9.11. The van der Waals surface area contributed by atoms with E-state index in [0.29, 0.717) is 19.8 Å². The van der Waals surface area contributed by atoms with Crippen LogP contribution in [0, 0.1) is 0 Å². The highest BCUT2D eigenvalue weighted by Gasteiger charge is 2.18. The van der Waals surface area contributed by atoms with E-state index in [4.69, 9.17) is 9.47 Å². The van der Waals surface area contributed by atoms with Crippen LogP contribution < -0.4 is 20.1 Å². The first kappa shape index (κ1) is 17.1. The molecule has 2 rings (SSSR count). The molecule has 0 aliphatic carbocycles. The Bertz CT molecular complexity index is 485. The molecule has 1 heterocycles. The summed E-state index contributed by atoms with van der Waals surface area (Å²) >= 11 is 3.50. The Morgan fingerprint density at radius 2 is 1.95 bits per heavy atom. The molecule has 0 spiro atoms. The molecule has 0 fully saturated rings. The Kier molecular flexibility index (Phi) is 6.58. The summed E-state index contributed by atoms with van der Waals surface area (Å²) in [4.78, 5) is 11.6. The summed E-state index contributed by atoms with van der Waals surface area (Å²) in [5.41, 5.74) is 0.966. The highest BCUT2D eigenvalue weighted by Crippen LogP contribution is 2.37. The third-order valence-corrected chi connectivity index (χ3v) is 3.53. The van der Waals surface area contributed by atoms with Crippen LogP contribution in [0.5, 0.6) is 11.5 Å². The van der Waals surface area contributed by atoms with Crippen molar-refractivity contribution in [3.63, 3.8) is 0 Å². The van der Waals surface area contributed by atoms with E-state index < -0.39 is 0 Å². The third kappa shape index (κ3) is 4.01. The topological polar surface area (TPSA) is 59.6 Å². The van der Waals surface area contributed by atoms with Crippen LogP contribution >= 0.6 is 28.3 Å². The first-order valence-corrected chi connectivity index (χ1v) is 6.94. The minimum Gasteiger partial charge on any atom is -0.486 e. The summed E-state index contributed by atoms with van der Waals surface area (Å²) in [5.74, 6) is 1.41. The molecule has 7 heteroatoms. The molecule has 0 bridgehead atoms. The van der Waals surface area contributed by atoms with Gasteiger partial charge in [-0.05, 0) is 31.7 Å². The number of hydrogen-bond acceptors (Lipinski definition) is 4. The molecule has 1 aromatic carbocycles. The Hall–Kier alpha value is -0.980. The fourth-order valence-electron chi connectivity index (χ4n) is 1.94. The predicted octanol–water partition coefficient (Wildman–Crippen LogP) is 2.04. The van der Waals surface area contributed by atoms with E-state index in [9.17, 15) is 4.79 Å². The molecule has 1 aromatic rings. The number of nitrogens with one attached hydrogen (secondary N) is 2. The number of carbonyl (C=O) groups excluding carboxylic acids is 1. The number of benzene rings is 1. The number of carbonyl (C=O) groups is 1. The molecular formula is C13H18BrClN2O3. The monoisotopic (exact) mass is 364 g/mol. The number of fused-ring (bicyclic) bond motifs is 1. The van der Waals surface area contributed by atoms with Crippen LogP contribution in [-0.2, 0) is 4.79 Å². The van der Waals surface area contributed by atoms with Gasteiger partial charge in [0.1, 0.15) is 13.2 Å². The maximum atomic E-state index is 11.6. The van der Waals surface area contributed by atoms with Crippen molar-refractivity contribution in [2.75, 3.05) is 26.8 Å². The molecule has 0 radical (unpaired) electrons. The molecule has 0 saturated heterocycles. The van der Waals surface area contributed by atoms with Gasteiger partial charge < -0.3 is 20.1 Å². The molecule has 1 atom stereocenters. The summed E-state index contributed by atoms with van der Waals surface area (Å²) in [6.45, 7) is 3.35. The zero-order valence-corrected chi connectivity index (χ0v) is 13.8. The van der Waals surface area contributed by atoms with E-state index in [1.807, 2.05) is 19.1 Å². The quantitative estimate of drug-likeness (QED) is 0.857. The van der Waals surface area contributed by atoms with Crippen LogP contribution in [0.2, 0.25) is 0 Å². The van der Waals surface area contributed by atoms with Crippen molar-refractivity contribution in [2.24, 2.45) is 0 Å². The van der Waals surface area contributed by atoms with Gasteiger partial charge in [0, 0.05) is 4.47 Å². The molecule has 1 amide bonds. The lowest BCUT2D eigenvalue weighted by Crippen LogP contribution is -2.34. The lowest BCUT2D eigenvalue weighted by Gasteiger charge is -2.22. The highest BCUT2D eigenvalue weighted by molar-refractivity contribution is 9.10. The maximum absolute atomic E-state index is 11.6. The molecule has 0 aromatic heterocycles. The fraction of sp³-hybridized carbons (Fsp3) is 0.462. The van der Waals surface area contributed by atoms with Crippen molar-refractivity contribution in [2.45, 2.75) is 13.0 Å². The first-order valence-electron chi connectivity index (χ1n) is 6.15. The number of halogens is 2. The summed E-state index contributed by atoms with van der Waals surface area (Å²) < 4.78 is 12.0. The van der Waals surface area contributed by atoms with Crippen molar-refractivity contribution in [3.8, 4) is 11.5 Å². The van der Waals surface area contributed by atoms with Gasteiger partial charge in [-0.15, -0.1) is 12.4 Å². The van der Waals surface area contributed by atoms with Crippen LogP contribution in [0.15, 0.2) is 16.6 Å². The number of amides is 1. The van der Waals surface area contributed by atoms with E-state index in [0.717, 1.165) is 21.5 Å². The largest absolute Gasteiger partial charge is 0.486 e. The standard InChI is InChI=1S/C13H17BrN2O3.ClH/c1-8(16-13(17)7-15-2)9-5-11-12(6-10(9)14)19-4-3-18-11;/h5-6,8,15H,3-4,7H2,1-2H3,(H,16,17);1H. The summed E-state index contributed by atoms with van der Waals surface area (Å²) in [6.07, 6.45) is 0. The van der Waals surface area contributed by atoms with Gasteiger partial charge in [0.2, 0.25) is 5.91 Å². The van der Waals surface area contributed by atoms with Gasteiger partial charge in [0.25, 0.3) is 0 Å². The second kappa shape index (κ2) is 7.71. The molecule has 1 unspecified atom stereocenters. The van der Waals surface area contributed by atoms with Gasteiger partial charge in [-0.1, -0.05) is 15.9 Å². The lowest BCUT2D eigenvalue weighted by atomic mass is 10.1. The van der Waals surface area contributed by atoms with Gasteiger partial charge >= 0.3 is 0 Å². The second-order valence-electron chi connectivity index (χ2n) is 4.34. The van der Waals surface area contributed by atoms with Gasteiger partial charge in [0.05, 0.1) is 12.6 Å². The van der Waals surface area contributed by atoms with Crippen LogP contribution in [0.1, 0.15) is 18.5 Å². The SMILES string of the molecule is CNCC(=O)NC(C)c1cc2c(cc1Br)OCCO2.Cl. The summed E-state index contributed by atoms with van der Waals surface area (Å²) in [6, 6.07) is 3.68. The van der Waals surface area contributed by atoms with Crippen molar-refractivity contribution < 1.29 is 14.3 Å². The minimum absolute atomic E-state index is 0. The maximum Gasteiger partial charge on any atom is 0.234 e. The molecular weight excluding hydrogens is 348 g/mol. The van der Waals surface area contributed by atoms with Crippen LogP contribution in [-0.4, -0.2) is 32.7 Å². The molecule has 5 nitrogen and oxygen atoms in total. The number of ether oxygens (including phenoxy) is 2. The van der Waals surface area contributed by atoms with E-state index >= 15 is 0 Å². The van der Waals surface area contributed by atoms with Gasteiger partial charge in [-0.2, -0.15) is 0 Å². The van der Waals surface area contributed by atoms with Crippen molar-refractivity contribution >= 4 is 34.2 Å². The van der Waals surface area contributed by atoms with Gasteiger partial charge in [-0.25, -0.2) is 0 Å². The molecule has 112 valence electrons. The number of likely N-dealkylation sites (N-methyl/N-ethyl adjacent to an activating group) is 1. The van der Waals surface area contributed by atoms with Gasteiger partial charge in [-0.3, -0.25) is 4.79 Å². The zero-order chi connectivity index (χ0) is 13.8. The van der Waals surface area contributed by atoms with E-state index in [2.05, 4.69) is 26.6 Å². The Labute approximate surface area is 132 Å². The molecule has 2 N–H and O–H groups in total. The van der Waals surface area contributed by atoms with Crippen LogP contribution in [0.4, 0.5) is 0 Å². The normalized spacial score (nSPS) is 14.2. The summed E-state index contributed by atoms with van der Waals surface area (Å²) in [5, 5.41) is 5.74. The van der Waals surface area contributed by atoms with Crippen molar-refractivity contribution in [1.29, 1.82) is 0 Å². The van der Waals surface area contributed by atoms with Gasteiger partial charge in [0.15, 0.2) is 11.5 Å². The Morgan fingerprint density at radius 1 is 1.35 bits per heavy atom. The molecule has 0 saturated carbocycles. The van der Waals surface area contributed by atoms with Crippen LogP contribution in [0.3, 0.4) is 0 Å². The number of hydrogen-bond donors (Lipinski definition) is 2. The van der Waals surface area contributed by atoms with Crippen molar-refractivity contribution in [3.05, 3.63) is 22.2 Å². The average molecular weight is 366 g/mol. The molecule has 20 heavy (non-hydrogen) atoms. The van der Waals surface area contributed by atoms with Crippen LogP contribution in [0.25, 0.3) is 0 Å². The summed E-state index contributed by atoms with van der Waals surface area (Å²) in [7, 11) is 1.74. The minimum atomic E-state index is -0.106. The second-order valence-corrected chi connectivity index (χ2v) is 5.19. The highest BCUT2D eigenvalue weighted by atomic mass is 79.9. The zero-order valence-electron chi connectivity index (χ0n) is 11.4. The van der Waals surface area contributed by atoms with E-state index in [1.165, 1.54) is 0 Å². The third-order valence-electron chi connectivity index (χ3n) is 2.84. The Balaban J connectivity index is 0.00000200. The fourth-order valence-corrected chi connectivity index (χ4v) is 2.61. The average Bonchev–Trinajstić information content (AvgIpc) is 2.38. The molecule has 1 aliphatic heterocycles. The number of rotatable bonds is 4. The Morgan fingerprint density at radius 3 is 2.55 bits per heavy atom.